The Bertz CT molecular complexity index is 1100. The molecular formula is C27H25ClF2O3. The van der Waals surface area contributed by atoms with E-state index in [-0.39, 0.29) is 24.5 Å². The van der Waals surface area contributed by atoms with Gasteiger partial charge in [0, 0.05) is 10.9 Å². The van der Waals surface area contributed by atoms with Gasteiger partial charge in [-0.3, -0.25) is 0 Å². The lowest BCUT2D eigenvalue weighted by atomic mass is 9.76. The second-order valence-corrected chi connectivity index (χ2v) is 8.84. The number of halogens is 3. The van der Waals surface area contributed by atoms with Crippen LogP contribution in [0.25, 0.3) is 0 Å². The van der Waals surface area contributed by atoms with E-state index in [9.17, 15) is 9.18 Å². The summed E-state index contributed by atoms with van der Waals surface area (Å²) < 4.78 is 41.4. The molecule has 0 N–H and O–H groups in total. The monoisotopic (exact) mass is 470 g/mol. The van der Waals surface area contributed by atoms with Crippen LogP contribution in [0, 0.1) is 11.7 Å². The number of hydrogen-bond donors (Lipinski definition) is 0. The smallest absolute Gasteiger partial charge is 0.344 e. The van der Waals surface area contributed by atoms with Crippen molar-refractivity contribution in [3.63, 3.8) is 0 Å². The topological polar surface area (TPSA) is 35.5 Å². The summed E-state index contributed by atoms with van der Waals surface area (Å²) in [6.07, 6.45) is 1.82. The molecule has 2 atom stereocenters. The number of benzene rings is 3. The molecule has 0 aromatic heterocycles. The van der Waals surface area contributed by atoms with Crippen LogP contribution in [0.4, 0.5) is 8.78 Å². The zero-order valence-electron chi connectivity index (χ0n) is 18.3. The maximum absolute atomic E-state index is 16.5. The van der Waals surface area contributed by atoms with Crippen molar-refractivity contribution in [2.45, 2.75) is 37.3 Å². The molecule has 1 aliphatic rings. The van der Waals surface area contributed by atoms with Gasteiger partial charge in [0.25, 0.3) is 0 Å². The summed E-state index contributed by atoms with van der Waals surface area (Å²) in [5.74, 6) is -1.43. The first-order chi connectivity index (χ1) is 15.9. The molecule has 0 heterocycles. The number of aryl methyl sites for hydroxylation is 1. The number of alkyl halides is 1. The van der Waals surface area contributed by atoms with Gasteiger partial charge >= 0.3 is 5.97 Å². The molecule has 0 unspecified atom stereocenters. The predicted molar refractivity (Wildman–Crippen MR) is 124 cm³/mol. The molecule has 3 nitrogen and oxygen atoms in total. The van der Waals surface area contributed by atoms with Crippen molar-refractivity contribution < 1.29 is 23.0 Å². The van der Waals surface area contributed by atoms with Gasteiger partial charge in [0.1, 0.15) is 5.75 Å². The Balaban J connectivity index is 1.58. The minimum Gasteiger partial charge on any atom is -0.467 e. The van der Waals surface area contributed by atoms with E-state index < -0.39 is 23.4 Å². The Hall–Kier alpha value is -2.92. The van der Waals surface area contributed by atoms with E-state index in [1.165, 1.54) is 13.2 Å². The van der Waals surface area contributed by atoms with Crippen molar-refractivity contribution in [1.82, 2.24) is 0 Å². The molecule has 172 valence electrons. The number of rotatable bonds is 9. The number of esters is 1. The van der Waals surface area contributed by atoms with Gasteiger partial charge in [0.15, 0.2) is 11.6 Å². The number of carbonyl (C=O) groups excluding carboxylic acids is 1. The molecule has 3 aromatic carbocycles. The maximum Gasteiger partial charge on any atom is 0.344 e. The van der Waals surface area contributed by atoms with Gasteiger partial charge in [0.2, 0.25) is 5.67 Å². The molecular weight excluding hydrogens is 446 g/mol. The average molecular weight is 471 g/mol. The second kappa shape index (κ2) is 9.92. The summed E-state index contributed by atoms with van der Waals surface area (Å²) in [4.78, 5) is 12.7. The largest absolute Gasteiger partial charge is 0.467 e. The maximum atomic E-state index is 16.5. The normalized spacial score (nSPS) is 16.0. The summed E-state index contributed by atoms with van der Waals surface area (Å²) in [7, 11) is 1.20. The number of methoxy groups -OCH3 is 1. The Morgan fingerprint density at radius 3 is 2.42 bits per heavy atom. The van der Waals surface area contributed by atoms with Crippen molar-refractivity contribution in [3.8, 4) is 11.5 Å². The van der Waals surface area contributed by atoms with E-state index >= 15 is 4.39 Å². The molecule has 0 bridgehead atoms. The summed E-state index contributed by atoms with van der Waals surface area (Å²) in [6, 6.07) is 20.2. The second-order valence-electron chi connectivity index (χ2n) is 8.40. The van der Waals surface area contributed by atoms with Gasteiger partial charge in [-0.2, -0.15) is 0 Å². The first-order valence-electron chi connectivity index (χ1n) is 10.9. The fraction of sp³-hybridized carbons (Fsp3) is 0.296. The number of ether oxygens (including phenoxy) is 2. The van der Waals surface area contributed by atoms with Crippen LogP contribution in [0.15, 0.2) is 72.8 Å². The molecule has 1 saturated carbocycles. The third-order valence-electron chi connectivity index (χ3n) is 6.08. The van der Waals surface area contributed by atoms with Gasteiger partial charge in [-0.25, -0.2) is 13.6 Å². The van der Waals surface area contributed by atoms with Crippen LogP contribution in [0.3, 0.4) is 0 Å². The van der Waals surface area contributed by atoms with E-state index in [4.69, 9.17) is 21.1 Å². The van der Waals surface area contributed by atoms with Crippen LogP contribution in [0.2, 0.25) is 5.02 Å². The van der Waals surface area contributed by atoms with E-state index in [1.54, 1.807) is 60.7 Å². The van der Waals surface area contributed by atoms with Gasteiger partial charge < -0.3 is 9.47 Å². The predicted octanol–water partition coefficient (Wildman–Crippen LogP) is 7.28. The fourth-order valence-electron chi connectivity index (χ4n) is 4.29. The van der Waals surface area contributed by atoms with Crippen LogP contribution in [0.1, 0.15) is 36.3 Å². The fourth-order valence-corrected chi connectivity index (χ4v) is 4.41. The molecule has 33 heavy (non-hydrogen) atoms. The molecule has 1 aliphatic carbocycles. The van der Waals surface area contributed by atoms with Crippen molar-refractivity contribution in [2.24, 2.45) is 5.92 Å². The number of para-hydroxylation sites is 1. The molecule has 0 radical (unpaired) electrons. The molecule has 0 spiro atoms. The third kappa shape index (κ3) is 5.36. The molecule has 4 rings (SSSR count). The minimum atomic E-state index is -2.22. The molecule has 3 aromatic rings. The lowest BCUT2D eigenvalue weighted by Gasteiger charge is -2.32. The highest BCUT2D eigenvalue weighted by Gasteiger charge is 2.53. The highest BCUT2D eigenvalue weighted by molar-refractivity contribution is 6.30. The Morgan fingerprint density at radius 2 is 1.79 bits per heavy atom. The van der Waals surface area contributed by atoms with Crippen LogP contribution >= 0.6 is 11.6 Å². The van der Waals surface area contributed by atoms with E-state index in [0.29, 0.717) is 16.3 Å². The summed E-state index contributed by atoms with van der Waals surface area (Å²) in [6.45, 7) is 0. The lowest BCUT2D eigenvalue weighted by molar-refractivity contribution is -0.157. The average Bonchev–Trinajstić information content (AvgIpc) is 3.66. The number of carbonyl (C=O) groups is 1. The lowest BCUT2D eigenvalue weighted by Crippen LogP contribution is -2.42. The number of hydrogen-bond acceptors (Lipinski definition) is 3. The van der Waals surface area contributed by atoms with Gasteiger partial charge in [-0.05, 0) is 79.1 Å². The van der Waals surface area contributed by atoms with Crippen molar-refractivity contribution in [1.29, 1.82) is 0 Å². The molecule has 1 fully saturated rings. The standard InChI is InChI=1S/C27H25ClF2O3/c1-32-26(31)27(30,25(19-8-9-19)20-10-12-21(28)13-11-20)16-15-18-7-14-23(29)24(17-18)33-22-5-3-2-4-6-22/h2-7,10-14,17,19,25H,8-9,15-16H2,1H3/t25-,27-/m1/s1. The summed E-state index contributed by atoms with van der Waals surface area (Å²) in [5, 5.41) is 0.549. The third-order valence-corrected chi connectivity index (χ3v) is 6.34. The van der Waals surface area contributed by atoms with Crippen LogP contribution in [-0.2, 0) is 16.0 Å². The highest BCUT2D eigenvalue weighted by atomic mass is 35.5. The van der Waals surface area contributed by atoms with Gasteiger partial charge in [0.05, 0.1) is 7.11 Å². The summed E-state index contributed by atoms with van der Waals surface area (Å²) >= 11 is 6.01. The quantitative estimate of drug-likeness (QED) is 0.308. The van der Waals surface area contributed by atoms with Gasteiger partial charge in [-0.1, -0.05) is 48.0 Å². The highest BCUT2D eigenvalue weighted by Crippen LogP contribution is 2.51. The first-order valence-corrected chi connectivity index (χ1v) is 11.3. The van der Waals surface area contributed by atoms with Crippen molar-refractivity contribution >= 4 is 17.6 Å². The van der Waals surface area contributed by atoms with E-state index in [1.807, 2.05) is 6.07 Å². The zero-order chi connectivity index (χ0) is 23.4. The van der Waals surface area contributed by atoms with E-state index in [2.05, 4.69) is 0 Å². The molecule has 0 saturated heterocycles. The van der Waals surface area contributed by atoms with Crippen molar-refractivity contribution in [2.75, 3.05) is 7.11 Å². The molecule has 0 amide bonds. The molecule has 0 aliphatic heterocycles. The van der Waals surface area contributed by atoms with E-state index in [0.717, 1.165) is 18.4 Å². The Labute approximate surface area is 197 Å². The SMILES string of the molecule is COC(=O)[C@@](F)(CCc1ccc(F)c(Oc2ccccc2)c1)[C@@H](c1ccc(Cl)cc1)C1CC1. The first kappa shape index (κ1) is 23.2. The van der Waals surface area contributed by atoms with Gasteiger partial charge in [-0.15, -0.1) is 0 Å². The zero-order valence-corrected chi connectivity index (χ0v) is 19.0. The summed E-state index contributed by atoms with van der Waals surface area (Å²) in [5.41, 5.74) is -0.834. The Morgan fingerprint density at radius 1 is 1.09 bits per heavy atom. The van der Waals surface area contributed by atoms with Crippen LogP contribution in [0.5, 0.6) is 11.5 Å². The van der Waals surface area contributed by atoms with Crippen molar-refractivity contribution in [3.05, 3.63) is 94.8 Å². The molecule has 6 heteroatoms. The van der Waals surface area contributed by atoms with Crippen LogP contribution in [-0.4, -0.2) is 18.7 Å². The van der Waals surface area contributed by atoms with Crippen LogP contribution < -0.4 is 4.74 Å². The Kier molecular flexibility index (Phi) is 6.99. The minimum absolute atomic E-state index is 0.0534.